The molecule has 4 nitrogen and oxygen atoms in total. The molecular formula is C62H75N3O. The van der Waals surface area contributed by atoms with E-state index in [1.807, 2.05) is 13.8 Å². The van der Waals surface area contributed by atoms with Crippen LogP contribution in [0.1, 0.15) is 192 Å². The Kier molecular flexibility index (Phi) is 5.78. The fourth-order valence-electron chi connectivity index (χ4n) is 9.09. The van der Waals surface area contributed by atoms with E-state index in [1.165, 1.54) is 36.4 Å². The first kappa shape index (κ1) is 21.6. The minimum absolute atomic E-state index is 0.00222. The van der Waals surface area contributed by atoms with Crippen molar-refractivity contribution in [2.24, 2.45) is 23.6 Å². The van der Waals surface area contributed by atoms with Crippen LogP contribution in [0.4, 0.5) is 0 Å². The lowest BCUT2D eigenvalue weighted by Gasteiger charge is -2.39. The summed E-state index contributed by atoms with van der Waals surface area (Å²) in [6.45, 7) is -18.8. The van der Waals surface area contributed by atoms with Crippen molar-refractivity contribution in [3.8, 4) is 56.3 Å². The van der Waals surface area contributed by atoms with E-state index in [4.69, 9.17) is 43.4 Å². The molecule has 0 aliphatic heterocycles. The molecule has 1 aliphatic carbocycles. The highest BCUT2D eigenvalue weighted by Gasteiger charge is 2.34. The molecule has 3 unspecified atom stereocenters. The molecule has 1 N–H and O–H groups in total. The van der Waals surface area contributed by atoms with Crippen LogP contribution in [0.5, 0.6) is 5.75 Å². The molecule has 3 atom stereocenters. The number of nitrogens with zero attached hydrogens (tertiary/aromatic N) is 3. The second-order valence-electron chi connectivity index (χ2n) is 19.3. The fourth-order valence-corrected chi connectivity index (χ4v) is 9.09. The lowest BCUT2D eigenvalue weighted by molar-refractivity contribution is 0.158. The molecule has 0 spiro atoms. The molecule has 5 aromatic carbocycles. The van der Waals surface area contributed by atoms with Crippen LogP contribution < -0.4 is 0 Å². The van der Waals surface area contributed by atoms with Gasteiger partial charge in [-0.15, -0.1) is 0 Å². The number of aryl methyl sites for hydroxylation is 1. The Hall–Kier alpha value is -5.48. The third kappa shape index (κ3) is 9.40. The molecular weight excluding hydrogens is 803 g/mol. The average molecular weight is 910 g/mol. The van der Waals surface area contributed by atoms with E-state index in [2.05, 4.69) is 4.98 Å². The summed E-state index contributed by atoms with van der Waals surface area (Å²) in [6, 6.07) is 8.63. The van der Waals surface area contributed by atoms with Gasteiger partial charge in [-0.1, -0.05) is 156 Å². The minimum atomic E-state index is -4.34. The Morgan fingerprint density at radius 2 is 1.44 bits per heavy atom. The highest BCUT2D eigenvalue weighted by atomic mass is 16.3. The third-order valence-electron chi connectivity index (χ3n) is 13.0. The van der Waals surface area contributed by atoms with Crippen molar-refractivity contribution in [1.29, 1.82) is 0 Å². The number of aromatic hydroxyl groups is 1. The Morgan fingerprint density at radius 1 is 0.712 bits per heavy atom. The first-order valence-electron chi connectivity index (χ1n) is 37.9. The van der Waals surface area contributed by atoms with E-state index >= 15 is 0 Å². The van der Waals surface area contributed by atoms with Gasteiger partial charge in [0.1, 0.15) is 11.6 Å². The van der Waals surface area contributed by atoms with Gasteiger partial charge in [-0.2, -0.15) is 0 Å². The normalized spacial score (nSPS) is 26.1. The topological polar surface area (TPSA) is 50.9 Å². The summed E-state index contributed by atoms with van der Waals surface area (Å²) in [6.07, 6.45) is 0.920. The molecule has 0 saturated heterocycles. The number of para-hydroxylation sites is 1. The Bertz CT molecular complexity index is 4150. The maximum atomic E-state index is 13.2. The van der Waals surface area contributed by atoms with E-state index in [0.29, 0.717) is 36.5 Å². The van der Waals surface area contributed by atoms with Gasteiger partial charge in [0, 0.05) is 57.1 Å². The van der Waals surface area contributed by atoms with Gasteiger partial charge in [-0.3, -0.25) is 9.55 Å². The summed E-state index contributed by atoms with van der Waals surface area (Å²) in [7, 11) is 0. The molecule has 0 amide bonds. The molecule has 7 aromatic rings. The van der Waals surface area contributed by atoms with Crippen molar-refractivity contribution in [2.75, 3.05) is 0 Å². The number of phenolic OH excluding ortho intramolecular Hbond substituents is 1. The number of fused-ring (bicyclic) bond motifs is 1. The van der Waals surface area contributed by atoms with Gasteiger partial charge in [0.05, 0.1) is 37.6 Å². The lowest BCUT2D eigenvalue weighted by Crippen LogP contribution is -2.27. The quantitative estimate of drug-likeness (QED) is 0.165. The van der Waals surface area contributed by atoms with Gasteiger partial charge in [0.25, 0.3) is 0 Å². The molecule has 4 heteroatoms. The second-order valence-corrected chi connectivity index (χ2v) is 19.3. The van der Waals surface area contributed by atoms with Gasteiger partial charge < -0.3 is 5.11 Å². The molecule has 0 bridgehead atoms. The summed E-state index contributed by atoms with van der Waals surface area (Å²) >= 11 is 0. The van der Waals surface area contributed by atoms with Crippen LogP contribution in [0.15, 0.2) is 109 Å². The number of phenols is 1. The van der Waals surface area contributed by atoms with Crippen LogP contribution in [0.25, 0.3) is 61.6 Å². The predicted molar refractivity (Wildman–Crippen MR) is 281 cm³/mol. The number of benzene rings is 5. The number of imidazole rings is 1. The van der Waals surface area contributed by atoms with Crippen LogP contribution in [0.3, 0.4) is 0 Å². The lowest BCUT2D eigenvalue weighted by atomic mass is 9.66. The summed E-state index contributed by atoms with van der Waals surface area (Å²) in [4.78, 5) is 9.31. The van der Waals surface area contributed by atoms with Crippen molar-refractivity contribution in [2.45, 2.75) is 145 Å². The number of hydrogen-bond donors (Lipinski definition) is 1. The zero-order chi connectivity index (χ0) is 74.6. The third-order valence-corrected chi connectivity index (χ3v) is 13.0. The number of hydrogen-bond acceptors (Lipinski definition) is 3. The van der Waals surface area contributed by atoms with E-state index in [0.717, 1.165) is 4.57 Å². The van der Waals surface area contributed by atoms with Crippen molar-refractivity contribution < 1.29 is 49.0 Å². The molecule has 0 radical (unpaired) electrons. The molecule has 2 heterocycles. The van der Waals surface area contributed by atoms with Gasteiger partial charge in [0.2, 0.25) is 0 Å². The summed E-state index contributed by atoms with van der Waals surface area (Å²) in [5.74, 6) is -3.60. The predicted octanol–water partition coefficient (Wildman–Crippen LogP) is 17.1. The molecule has 8 rings (SSSR count). The van der Waals surface area contributed by atoms with Gasteiger partial charge in [-0.25, -0.2) is 4.98 Å². The zero-order valence-electron chi connectivity index (χ0n) is 70.1. The van der Waals surface area contributed by atoms with Crippen LogP contribution >= 0.6 is 0 Å². The van der Waals surface area contributed by atoms with Crippen LogP contribution in [0.2, 0.25) is 0 Å². The van der Waals surface area contributed by atoms with E-state index in [-0.39, 0.29) is 68.8 Å². The number of pyridine rings is 1. The Labute approximate surface area is 441 Å². The van der Waals surface area contributed by atoms with E-state index < -0.39 is 170 Å². The second kappa shape index (κ2) is 17.6. The van der Waals surface area contributed by atoms with Gasteiger partial charge in [-0.05, 0) is 160 Å². The average Bonchev–Trinajstić information content (AvgIpc) is 0.862. The standard InChI is InChI=1S/C62H75N3O/c1-37(2)44-28-45(38(3)4)30-46(29-44)42-23-24-55(40(6)27-42)65-56-18-16-17-51(57(56)64-59(65)52-35-50(61(10,11)12)36-53(58(52)66)62(13,14)15)47-31-48(33-49(32-47)60(7,8)9)54-34-43(25-26-63-54)41-21-19-39(5)20-22-41/h16-27,31-38,44-46,66H,28-30H2,1-15H3/i5D3,6D3,10D3,11D3,12D3,13D3,14D3,15D3,19D,20D,21D,22D,25D,26D,34D,37D. The summed E-state index contributed by atoms with van der Waals surface area (Å²) < 4.78 is 283. The first-order valence-corrected chi connectivity index (χ1v) is 21.9. The molecule has 2 aromatic heterocycles. The van der Waals surface area contributed by atoms with Crippen molar-refractivity contribution in [3.05, 3.63) is 143 Å². The van der Waals surface area contributed by atoms with Crippen LogP contribution in [-0.4, -0.2) is 19.6 Å². The Morgan fingerprint density at radius 3 is 2.12 bits per heavy atom. The number of rotatable bonds is 8. The first-order chi connectivity index (χ1) is 44.1. The molecule has 1 saturated carbocycles. The molecule has 344 valence electrons. The van der Waals surface area contributed by atoms with E-state index in [1.54, 1.807) is 52.8 Å². The minimum Gasteiger partial charge on any atom is -0.507 e. The van der Waals surface area contributed by atoms with Gasteiger partial charge in [0.15, 0.2) is 0 Å². The van der Waals surface area contributed by atoms with Crippen LogP contribution in [0, 0.1) is 37.4 Å². The van der Waals surface area contributed by atoms with Crippen molar-refractivity contribution in [1.82, 2.24) is 14.5 Å². The molecule has 66 heavy (non-hydrogen) atoms. The smallest absolute Gasteiger partial charge is 0.149 e. The summed E-state index contributed by atoms with van der Waals surface area (Å²) in [5.41, 5.74) is -16.2. The van der Waals surface area contributed by atoms with Crippen molar-refractivity contribution in [3.63, 3.8) is 0 Å². The van der Waals surface area contributed by atoms with Crippen LogP contribution in [-0.2, 0) is 16.2 Å². The maximum absolute atomic E-state index is 13.2. The summed E-state index contributed by atoms with van der Waals surface area (Å²) in [5, 5.41) is 13.2. The number of aromatic nitrogens is 3. The highest BCUT2D eigenvalue weighted by Crippen LogP contribution is 2.48. The zero-order valence-corrected chi connectivity index (χ0v) is 38.1. The molecule has 1 fully saturated rings. The van der Waals surface area contributed by atoms with E-state index in [9.17, 15) is 10.6 Å². The van der Waals surface area contributed by atoms with Gasteiger partial charge >= 0.3 is 0 Å². The highest BCUT2D eigenvalue weighted by molar-refractivity contribution is 5.97. The molecule has 1 aliphatic rings. The van der Waals surface area contributed by atoms with Crippen molar-refractivity contribution >= 4 is 11.0 Å². The maximum Gasteiger partial charge on any atom is 0.149 e. The fraction of sp³-hybridized carbons (Fsp3) is 0.419. The Balaban J connectivity index is 1.62. The monoisotopic (exact) mass is 910 g/mol. The largest absolute Gasteiger partial charge is 0.507 e. The SMILES string of the molecule is [2H]c1nc(-c2cc(-c3cccc4c3nc(-c3cc(C(C([2H])([2H])[2H])(C([2H])([2H])[2H])C([2H])([2H])[2H])cc(C(C([2H])([2H])[2H])(C([2H])([2H])[2H])C([2H])([2H])[2H])c3O)n4-c3ccc(C4CC(C(C)C)CC(C([2H])(C)C)C4)cc3C([2H])([2H])[2H])cc(C(C)(C)C)c2)c([2H])c(-c2c([2H])c([2H])c(C([2H])([2H])[2H])c([2H])c2[2H])c1[2H].